The summed E-state index contributed by atoms with van der Waals surface area (Å²) < 4.78 is 0.862. The smallest absolute Gasteiger partial charge is 0.318 e. The van der Waals surface area contributed by atoms with E-state index in [-0.39, 0.29) is 0 Å². The Labute approximate surface area is 150 Å². The topological polar surface area (TPSA) is 70.6 Å². The number of rotatable bonds is 3. The molecule has 0 bridgehead atoms. The second-order valence-electron chi connectivity index (χ2n) is 4.30. The highest BCUT2D eigenvalue weighted by Crippen LogP contribution is 2.22. The van der Waals surface area contributed by atoms with E-state index in [1.807, 2.05) is 0 Å². The molecule has 2 aromatic rings. The minimum atomic E-state index is -0.910. The predicted octanol–water partition coefficient (Wildman–Crippen LogP) is 3.84. The second kappa shape index (κ2) is 8.10. The number of carbonyl (C=O) groups excluding carboxylic acids is 2. The lowest BCUT2D eigenvalue weighted by atomic mass is 10.2. The van der Waals surface area contributed by atoms with Gasteiger partial charge in [-0.2, -0.15) is 5.10 Å². The summed E-state index contributed by atoms with van der Waals surface area (Å²) in [6, 6.07) is 11.8. The number of hydrogen-bond acceptors (Lipinski definition) is 3. The summed E-state index contributed by atoms with van der Waals surface area (Å²) in [5.41, 5.74) is 3.05. The molecule has 23 heavy (non-hydrogen) atoms. The van der Waals surface area contributed by atoms with Gasteiger partial charge in [0.25, 0.3) is 0 Å². The Morgan fingerprint density at radius 2 is 1.61 bits per heavy atom. The van der Waals surface area contributed by atoms with Crippen molar-refractivity contribution >= 4 is 62.8 Å². The molecule has 0 aliphatic heterocycles. The van der Waals surface area contributed by atoms with Gasteiger partial charge in [-0.15, -0.1) is 0 Å². The van der Waals surface area contributed by atoms with Crippen LogP contribution in [0.5, 0.6) is 0 Å². The first kappa shape index (κ1) is 17.5. The number of nitrogens with one attached hydrogen (secondary N) is 2. The standard InChI is InChI=1S/C15H10BrCl2N3O2/c16-9-4-6-10(7-5-9)20-14(22)15(23)21-19-8-11-12(17)2-1-3-13(11)18/h1-8H,(H,20,22)(H,21,23)/b19-8-. The molecule has 2 N–H and O–H groups in total. The third-order valence-electron chi connectivity index (χ3n) is 2.67. The van der Waals surface area contributed by atoms with E-state index in [0.29, 0.717) is 21.3 Å². The molecule has 0 aliphatic rings. The molecule has 0 heterocycles. The number of anilines is 1. The van der Waals surface area contributed by atoms with Crippen molar-refractivity contribution in [3.8, 4) is 0 Å². The average Bonchev–Trinajstić information content (AvgIpc) is 2.52. The summed E-state index contributed by atoms with van der Waals surface area (Å²) in [7, 11) is 0. The van der Waals surface area contributed by atoms with Crippen LogP contribution in [0.1, 0.15) is 5.56 Å². The third-order valence-corrected chi connectivity index (χ3v) is 3.86. The van der Waals surface area contributed by atoms with E-state index in [1.165, 1.54) is 6.21 Å². The van der Waals surface area contributed by atoms with Gasteiger partial charge in [0.2, 0.25) is 0 Å². The van der Waals surface area contributed by atoms with Gasteiger partial charge in [-0.3, -0.25) is 9.59 Å². The predicted molar refractivity (Wildman–Crippen MR) is 95.0 cm³/mol. The maximum atomic E-state index is 11.7. The fourth-order valence-electron chi connectivity index (χ4n) is 1.56. The number of carbonyl (C=O) groups is 2. The second-order valence-corrected chi connectivity index (χ2v) is 6.03. The van der Waals surface area contributed by atoms with Gasteiger partial charge in [-0.05, 0) is 36.4 Å². The summed E-state index contributed by atoms with van der Waals surface area (Å²) in [4.78, 5) is 23.4. The van der Waals surface area contributed by atoms with Crippen LogP contribution in [-0.4, -0.2) is 18.0 Å². The highest BCUT2D eigenvalue weighted by Gasteiger charge is 2.12. The average molecular weight is 415 g/mol. The lowest BCUT2D eigenvalue weighted by Crippen LogP contribution is -2.32. The molecular formula is C15H10BrCl2N3O2. The number of amides is 2. The van der Waals surface area contributed by atoms with Crippen LogP contribution < -0.4 is 10.7 Å². The Balaban J connectivity index is 1.95. The number of hydrogen-bond donors (Lipinski definition) is 2. The van der Waals surface area contributed by atoms with Crippen molar-refractivity contribution in [3.63, 3.8) is 0 Å². The van der Waals surface area contributed by atoms with Crippen molar-refractivity contribution in [2.24, 2.45) is 5.10 Å². The van der Waals surface area contributed by atoms with E-state index in [9.17, 15) is 9.59 Å². The summed E-state index contributed by atoms with van der Waals surface area (Å²) >= 11 is 15.2. The molecule has 2 rings (SSSR count). The first-order valence-corrected chi connectivity index (χ1v) is 7.86. The van der Waals surface area contributed by atoms with Gasteiger partial charge < -0.3 is 5.32 Å². The van der Waals surface area contributed by atoms with Gasteiger partial charge in [-0.1, -0.05) is 45.2 Å². The van der Waals surface area contributed by atoms with Crippen LogP contribution in [0.25, 0.3) is 0 Å². The molecule has 0 atom stereocenters. The molecule has 0 saturated carbocycles. The Kier molecular flexibility index (Phi) is 6.15. The number of halogens is 3. The lowest BCUT2D eigenvalue weighted by molar-refractivity contribution is -0.136. The summed E-state index contributed by atoms with van der Waals surface area (Å²) in [5.74, 6) is -1.75. The number of nitrogens with zero attached hydrogens (tertiary/aromatic N) is 1. The van der Waals surface area contributed by atoms with Crippen LogP contribution in [0.4, 0.5) is 5.69 Å². The largest absolute Gasteiger partial charge is 0.329 e. The molecule has 0 aromatic heterocycles. The minimum Gasteiger partial charge on any atom is -0.318 e. The van der Waals surface area contributed by atoms with Gasteiger partial charge in [0.1, 0.15) is 0 Å². The molecule has 0 aliphatic carbocycles. The van der Waals surface area contributed by atoms with Gasteiger partial charge in [-0.25, -0.2) is 5.43 Å². The number of benzene rings is 2. The van der Waals surface area contributed by atoms with E-state index in [1.54, 1.807) is 42.5 Å². The molecule has 0 fully saturated rings. The zero-order valence-corrected chi connectivity index (χ0v) is 14.6. The van der Waals surface area contributed by atoms with Crippen LogP contribution in [0.15, 0.2) is 52.0 Å². The van der Waals surface area contributed by atoms with Crippen LogP contribution in [0.3, 0.4) is 0 Å². The zero-order valence-electron chi connectivity index (χ0n) is 11.5. The van der Waals surface area contributed by atoms with Crippen molar-refractivity contribution < 1.29 is 9.59 Å². The SMILES string of the molecule is O=C(N/N=C\c1c(Cl)cccc1Cl)C(=O)Nc1ccc(Br)cc1. The molecule has 2 aromatic carbocycles. The highest BCUT2D eigenvalue weighted by molar-refractivity contribution is 9.10. The first-order chi connectivity index (χ1) is 11.0. The van der Waals surface area contributed by atoms with Gasteiger partial charge in [0.15, 0.2) is 0 Å². The third kappa shape index (κ3) is 5.06. The van der Waals surface area contributed by atoms with Crippen LogP contribution in [-0.2, 0) is 9.59 Å². The Morgan fingerprint density at radius 3 is 2.22 bits per heavy atom. The van der Waals surface area contributed by atoms with Gasteiger partial charge in [0, 0.05) is 15.7 Å². The minimum absolute atomic E-state index is 0.384. The van der Waals surface area contributed by atoms with E-state index in [4.69, 9.17) is 23.2 Å². The van der Waals surface area contributed by atoms with Crippen molar-refractivity contribution in [1.29, 1.82) is 0 Å². The van der Waals surface area contributed by atoms with Gasteiger partial charge in [0.05, 0.1) is 16.3 Å². The molecule has 0 spiro atoms. The summed E-state index contributed by atoms with van der Waals surface area (Å²) in [5, 5.41) is 6.89. The molecular weight excluding hydrogens is 405 g/mol. The van der Waals surface area contributed by atoms with Gasteiger partial charge >= 0.3 is 11.8 Å². The molecule has 0 saturated heterocycles. The fraction of sp³-hybridized carbons (Fsp3) is 0. The van der Waals surface area contributed by atoms with E-state index >= 15 is 0 Å². The molecule has 2 amide bonds. The van der Waals surface area contributed by atoms with E-state index in [0.717, 1.165) is 4.47 Å². The first-order valence-electron chi connectivity index (χ1n) is 6.31. The Bertz CT molecular complexity index is 744. The molecule has 5 nitrogen and oxygen atoms in total. The fourth-order valence-corrected chi connectivity index (χ4v) is 2.32. The lowest BCUT2D eigenvalue weighted by Gasteiger charge is -2.04. The molecule has 0 unspecified atom stereocenters. The van der Waals surface area contributed by atoms with Crippen molar-refractivity contribution in [1.82, 2.24) is 5.43 Å². The summed E-state index contributed by atoms with van der Waals surface area (Å²) in [6.07, 6.45) is 1.27. The summed E-state index contributed by atoms with van der Waals surface area (Å²) in [6.45, 7) is 0. The normalized spacial score (nSPS) is 10.6. The molecule has 8 heteroatoms. The van der Waals surface area contributed by atoms with Crippen LogP contribution >= 0.6 is 39.1 Å². The van der Waals surface area contributed by atoms with Crippen molar-refractivity contribution in [3.05, 3.63) is 62.5 Å². The highest BCUT2D eigenvalue weighted by atomic mass is 79.9. The Morgan fingerprint density at radius 1 is 1.00 bits per heavy atom. The number of hydrazone groups is 1. The van der Waals surface area contributed by atoms with Crippen molar-refractivity contribution in [2.75, 3.05) is 5.32 Å². The molecule has 0 radical (unpaired) electrons. The zero-order chi connectivity index (χ0) is 16.8. The van der Waals surface area contributed by atoms with Crippen molar-refractivity contribution in [2.45, 2.75) is 0 Å². The van der Waals surface area contributed by atoms with E-state index in [2.05, 4.69) is 31.8 Å². The maximum Gasteiger partial charge on any atom is 0.329 e. The maximum absolute atomic E-state index is 11.7. The van der Waals surface area contributed by atoms with E-state index < -0.39 is 11.8 Å². The monoisotopic (exact) mass is 413 g/mol. The molecule has 118 valence electrons. The Hall–Kier alpha value is -1.89. The van der Waals surface area contributed by atoms with Crippen LogP contribution in [0, 0.1) is 0 Å². The van der Waals surface area contributed by atoms with Crippen LogP contribution in [0.2, 0.25) is 10.0 Å². The quantitative estimate of drug-likeness (QED) is 0.455.